The third-order valence-electron chi connectivity index (χ3n) is 4.74. The summed E-state index contributed by atoms with van der Waals surface area (Å²) in [4.78, 5) is 29.7. The maximum Gasteiger partial charge on any atom is 0.331 e. The van der Waals surface area contributed by atoms with E-state index in [2.05, 4.69) is 20.6 Å². The highest BCUT2D eigenvalue weighted by Gasteiger charge is 2.43. The molecule has 28 heavy (non-hydrogen) atoms. The number of esters is 1. The van der Waals surface area contributed by atoms with Gasteiger partial charge in [-0.2, -0.15) is 0 Å². The summed E-state index contributed by atoms with van der Waals surface area (Å²) in [5.74, 6) is -0.454. The van der Waals surface area contributed by atoms with Crippen molar-refractivity contribution < 1.29 is 19.1 Å². The molecule has 0 bridgehead atoms. The number of aromatic nitrogens is 4. The molecule has 0 saturated heterocycles. The lowest BCUT2D eigenvalue weighted by atomic mass is 9.97. The average Bonchev–Trinajstić information content (AvgIpc) is 3.42. The third kappa shape index (κ3) is 4.67. The lowest BCUT2D eigenvalue weighted by molar-refractivity contribution is -0.153. The van der Waals surface area contributed by atoms with Crippen molar-refractivity contribution in [1.29, 1.82) is 0 Å². The number of amides is 1. The second-order valence-electron chi connectivity index (χ2n) is 6.72. The lowest BCUT2D eigenvalue weighted by Gasteiger charge is -2.27. The van der Waals surface area contributed by atoms with Gasteiger partial charge in [-0.25, -0.2) is 9.78 Å². The molecule has 152 valence electrons. The number of hydrogen-bond donors (Lipinski definition) is 1. The number of nitrogens with one attached hydrogen (secondary N) is 1. The molecule has 1 fully saturated rings. The SMILES string of the molecule is CCOC(=O)C1(NC(=O)CCCn2cc(-c3cnc(OC)s3)nn2)CCCC1. The molecule has 1 aliphatic carbocycles. The highest BCUT2D eigenvalue weighted by atomic mass is 32.1. The van der Waals surface area contributed by atoms with Crippen molar-refractivity contribution in [2.45, 2.75) is 57.5 Å². The van der Waals surface area contributed by atoms with E-state index >= 15 is 0 Å². The van der Waals surface area contributed by atoms with Gasteiger partial charge in [0.1, 0.15) is 11.2 Å². The van der Waals surface area contributed by atoms with Gasteiger partial charge in [0.25, 0.3) is 5.19 Å². The number of aryl methyl sites for hydroxylation is 1. The van der Waals surface area contributed by atoms with Gasteiger partial charge in [0, 0.05) is 13.0 Å². The van der Waals surface area contributed by atoms with E-state index < -0.39 is 5.54 Å². The van der Waals surface area contributed by atoms with Crippen molar-refractivity contribution in [2.24, 2.45) is 0 Å². The van der Waals surface area contributed by atoms with Crippen molar-refractivity contribution in [1.82, 2.24) is 25.3 Å². The Morgan fingerprint density at radius 3 is 2.82 bits per heavy atom. The predicted molar refractivity (Wildman–Crippen MR) is 103 cm³/mol. The minimum Gasteiger partial charge on any atom is -0.473 e. The molecular weight excluding hydrogens is 382 g/mol. The molecule has 0 aliphatic heterocycles. The lowest BCUT2D eigenvalue weighted by Crippen LogP contribution is -2.53. The van der Waals surface area contributed by atoms with Crippen LogP contribution in [0.2, 0.25) is 0 Å². The molecule has 0 radical (unpaired) electrons. The maximum atomic E-state index is 12.4. The van der Waals surface area contributed by atoms with Crippen molar-refractivity contribution in [3.05, 3.63) is 12.4 Å². The van der Waals surface area contributed by atoms with Crippen LogP contribution in [0, 0.1) is 0 Å². The number of methoxy groups -OCH3 is 1. The Kier molecular flexibility index (Phi) is 6.61. The Labute approximate surface area is 167 Å². The van der Waals surface area contributed by atoms with Crippen LogP contribution in [0.3, 0.4) is 0 Å². The van der Waals surface area contributed by atoms with Crippen LogP contribution < -0.4 is 10.1 Å². The van der Waals surface area contributed by atoms with Gasteiger partial charge in [-0.1, -0.05) is 29.4 Å². The number of hydrogen-bond acceptors (Lipinski definition) is 8. The van der Waals surface area contributed by atoms with Crippen molar-refractivity contribution >= 4 is 23.2 Å². The predicted octanol–water partition coefficient (Wildman–Crippen LogP) is 2.18. The maximum absolute atomic E-state index is 12.4. The Bertz CT molecular complexity index is 813. The highest BCUT2D eigenvalue weighted by Crippen LogP contribution is 2.31. The number of rotatable bonds is 9. The van der Waals surface area contributed by atoms with Crippen molar-refractivity contribution in [3.63, 3.8) is 0 Å². The first-order valence-electron chi connectivity index (χ1n) is 9.45. The van der Waals surface area contributed by atoms with Gasteiger partial charge in [0.2, 0.25) is 5.91 Å². The first kappa shape index (κ1) is 20.2. The minimum absolute atomic E-state index is 0.137. The molecule has 0 unspecified atom stereocenters. The zero-order valence-corrected chi connectivity index (χ0v) is 17.0. The molecule has 0 spiro atoms. The monoisotopic (exact) mass is 407 g/mol. The zero-order chi connectivity index (χ0) is 20.0. The third-order valence-corrected chi connectivity index (χ3v) is 5.72. The van der Waals surface area contributed by atoms with Crippen LogP contribution in [-0.2, 0) is 20.9 Å². The number of carbonyl (C=O) groups is 2. The Morgan fingerprint density at radius 1 is 1.36 bits per heavy atom. The van der Waals surface area contributed by atoms with Gasteiger partial charge in [0.15, 0.2) is 0 Å². The van der Waals surface area contributed by atoms with E-state index in [1.54, 1.807) is 24.9 Å². The Morgan fingerprint density at radius 2 is 2.14 bits per heavy atom. The van der Waals surface area contributed by atoms with Crippen LogP contribution in [0.1, 0.15) is 45.4 Å². The highest BCUT2D eigenvalue weighted by molar-refractivity contribution is 7.16. The summed E-state index contributed by atoms with van der Waals surface area (Å²) in [5, 5.41) is 11.7. The number of ether oxygens (including phenoxy) is 2. The van der Waals surface area contributed by atoms with Crippen LogP contribution >= 0.6 is 11.3 Å². The normalized spacial score (nSPS) is 15.4. The molecule has 1 aliphatic rings. The molecule has 10 heteroatoms. The molecule has 1 saturated carbocycles. The van der Waals surface area contributed by atoms with E-state index in [0.717, 1.165) is 23.4 Å². The van der Waals surface area contributed by atoms with Gasteiger partial charge in [-0.15, -0.1) is 5.10 Å². The average molecular weight is 407 g/mol. The molecule has 9 nitrogen and oxygen atoms in total. The number of carbonyl (C=O) groups excluding carboxylic acids is 2. The quantitative estimate of drug-likeness (QED) is 0.635. The van der Waals surface area contributed by atoms with Gasteiger partial charge in [-0.3, -0.25) is 9.48 Å². The zero-order valence-electron chi connectivity index (χ0n) is 16.1. The summed E-state index contributed by atoms with van der Waals surface area (Å²) in [6, 6.07) is 0. The molecule has 0 atom stereocenters. The fourth-order valence-corrected chi connectivity index (χ4v) is 4.03. The smallest absolute Gasteiger partial charge is 0.331 e. The Balaban J connectivity index is 1.49. The number of thiazole rings is 1. The van der Waals surface area contributed by atoms with Crippen molar-refractivity contribution in [2.75, 3.05) is 13.7 Å². The summed E-state index contributed by atoms with van der Waals surface area (Å²) < 4.78 is 12.0. The van der Waals surface area contributed by atoms with Crippen LogP contribution in [-0.4, -0.2) is 51.1 Å². The second kappa shape index (κ2) is 9.13. The van der Waals surface area contributed by atoms with E-state index in [4.69, 9.17) is 9.47 Å². The fraction of sp³-hybridized carbons (Fsp3) is 0.611. The van der Waals surface area contributed by atoms with Gasteiger partial charge in [0.05, 0.1) is 31.0 Å². The van der Waals surface area contributed by atoms with Crippen LogP contribution in [0.5, 0.6) is 5.19 Å². The summed E-state index contributed by atoms with van der Waals surface area (Å²) in [7, 11) is 1.57. The second-order valence-corrected chi connectivity index (χ2v) is 7.72. The molecule has 1 N–H and O–H groups in total. The summed E-state index contributed by atoms with van der Waals surface area (Å²) in [6.45, 7) is 2.65. The van der Waals surface area contributed by atoms with Gasteiger partial charge in [-0.05, 0) is 26.2 Å². The van der Waals surface area contributed by atoms with E-state index in [1.165, 1.54) is 11.3 Å². The molecule has 3 rings (SSSR count). The van der Waals surface area contributed by atoms with E-state index in [1.807, 2.05) is 6.20 Å². The van der Waals surface area contributed by atoms with E-state index in [-0.39, 0.29) is 11.9 Å². The first-order chi connectivity index (χ1) is 13.6. The fourth-order valence-electron chi connectivity index (χ4n) is 3.35. The molecule has 2 heterocycles. The van der Waals surface area contributed by atoms with Crippen LogP contribution in [0.15, 0.2) is 12.4 Å². The van der Waals surface area contributed by atoms with E-state index in [0.29, 0.717) is 44.0 Å². The molecular formula is C18H25N5O4S. The largest absolute Gasteiger partial charge is 0.473 e. The van der Waals surface area contributed by atoms with Crippen LogP contribution in [0.4, 0.5) is 0 Å². The Hall–Kier alpha value is -2.49. The van der Waals surface area contributed by atoms with Gasteiger partial charge < -0.3 is 14.8 Å². The standard InChI is InChI=1S/C18H25N5O4S/c1-3-27-16(25)18(8-4-5-9-18)20-15(24)7-6-10-23-12-13(21-22-23)14-11-19-17(26-2)28-14/h11-12H,3-10H2,1-2H3,(H,20,24). The summed E-state index contributed by atoms with van der Waals surface area (Å²) in [6.07, 6.45) is 7.55. The van der Waals surface area contributed by atoms with Crippen molar-refractivity contribution in [3.8, 4) is 15.8 Å². The topological polar surface area (TPSA) is 108 Å². The summed E-state index contributed by atoms with van der Waals surface area (Å²) >= 11 is 1.39. The molecule has 2 aromatic rings. The summed E-state index contributed by atoms with van der Waals surface area (Å²) in [5.41, 5.74) is -0.129. The van der Waals surface area contributed by atoms with Crippen LogP contribution in [0.25, 0.3) is 10.6 Å². The first-order valence-corrected chi connectivity index (χ1v) is 10.3. The van der Waals surface area contributed by atoms with E-state index in [9.17, 15) is 9.59 Å². The molecule has 0 aromatic carbocycles. The van der Waals surface area contributed by atoms with Gasteiger partial charge >= 0.3 is 5.97 Å². The minimum atomic E-state index is -0.848. The molecule has 1 amide bonds. The number of nitrogens with zero attached hydrogens (tertiary/aromatic N) is 4. The molecule has 2 aromatic heterocycles.